The summed E-state index contributed by atoms with van der Waals surface area (Å²) in [4.78, 5) is 12.9. The first-order valence-electron chi connectivity index (χ1n) is 9.84. The molecule has 1 aliphatic carbocycles. The predicted molar refractivity (Wildman–Crippen MR) is 119 cm³/mol. The lowest BCUT2D eigenvalue weighted by molar-refractivity contribution is 0.0992. The molecule has 0 aromatic heterocycles. The second-order valence-electron chi connectivity index (χ2n) is 7.26. The molecule has 30 heavy (non-hydrogen) atoms. The van der Waals surface area contributed by atoms with Gasteiger partial charge in [-0.3, -0.25) is 4.79 Å². The van der Waals surface area contributed by atoms with Crippen molar-refractivity contribution in [2.75, 3.05) is 21.3 Å². The Morgan fingerprint density at radius 3 is 2.13 bits per heavy atom. The van der Waals surface area contributed by atoms with E-state index in [9.17, 15) is 4.79 Å². The molecule has 4 nitrogen and oxygen atoms in total. The second-order valence-corrected chi connectivity index (χ2v) is 7.26. The Bertz CT molecular complexity index is 1090. The summed E-state index contributed by atoms with van der Waals surface area (Å²) in [5.41, 5.74) is 6.63. The first-order valence-corrected chi connectivity index (χ1v) is 9.84. The first kappa shape index (κ1) is 19.8. The number of carbonyl (C=O) groups is 1. The van der Waals surface area contributed by atoms with Crippen LogP contribution in [0.2, 0.25) is 0 Å². The number of carbonyl (C=O) groups excluding carboxylic acids is 1. The van der Waals surface area contributed by atoms with Crippen molar-refractivity contribution in [3.63, 3.8) is 0 Å². The summed E-state index contributed by atoms with van der Waals surface area (Å²) in [5, 5.41) is 0. The van der Waals surface area contributed by atoms with Crippen molar-refractivity contribution in [3.05, 3.63) is 88.5 Å². The summed E-state index contributed by atoms with van der Waals surface area (Å²) in [5.74, 6) is 1.42. The highest BCUT2D eigenvalue weighted by molar-refractivity contribution is 5.99. The van der Waals surface area contributed by atoms with Gasteiger partial charge in [-0.15, -0.1) is 0 Å². The molecule has 0 saturated carbocycles. The van der Waals surface area contributed by atoms with Crippen molar-refractivity contribution in [1.29, 1.82) is 0 Å². The van der Waals surface area contributed by atoms with Crippen LogP contribution in [0.1, 0.15) is 32.6 Å². The molecule has 0 amide bonds. The van der Waals surface area contributed by atoms with E-state index >= 15 is 0 Å². The van der Waals surface area contributed by atoms with Gasteiger partial charge in [0.25, 0.3) is 0 Å². The molecule has 0 bridgehead atoms. The van der Waals surface area contributed by atoms with E-state index in [0.717, 1.165) is 12.0 Å². The average Bonchev–Trinajstić information content (AvgIpc) is 3.22. The maximum atomic E-state index is 12.9. The largest absolute Gasteiger partial charge is 0.493 e. The lowest BCUT2D eigenvalue weighted by Crippen LogP contribution is -2.06. The molecule has 4 rings (SSSR count). The van der Waals surface area contributed by atoms with Crippen LogP contribution < -0.4 is 14.2 Å². The van der Waals surface area contributed by atoms with E-state index in [1.807, 2.05) is 12.1 Å². The van der Waals surface area contributed by atoms with E-state index < -0.39 is 0 Å². The standard InChI is InChI=1S/C26H24O4/c1-28-24-15-22(16-25(29-2)26(24)30-3)23(27)12-17-8-10-18(11-9-17)21-13-19-6-4-5-7-20(19)14-21/h4-11,13,15-16H,12,14H2,1-3H3. The van der Waals surface area contributed by atoms with Crippen LogP contribution in [0, 0.1) is 0 Å². The third-order valence-corrected chi connectivity index (χ3v) is 5.44. The van der Waals surface area contributed by atoms with Crippen molar-refractivity contribution in [2.45, 2.75) is 12.8 Å². The lowest BCUT2D eigenvalue weighted by Gasteiger charge is -2.13. The lowest BCUT2D eigenvalue weighted by atomic mass is 9.98. The molecule has 0 heterocycles. The number of hydrogen-bond donors (Lipinski definition) is 0. The van der Waals surface area contributed by atoms with E-state index in [-0.39, 0.29) is 5.78 Å². The van der Waals surface area contributed by atoms with Gasteiger partial charge in [0.1, 0.15) is 0 Å². The highest BCUT2D eigenvalue weighted by atomic mass is 16.5. The highest BCUT2D eigenvalue weighted by Crippen LogP contribution is 2.38. The van der Waals surface area contributed by atoms with Crippen molar-refractivity contribution < 1.29 is 19.0 Å². The number of benzene rings is 3. The van der Waals surface area contributed by atoms with Crippen LogP contribution >= 0.6 is 0 Å². The number of ketones is 1. The number of hydrogen-bond acceptors (Lipinski definition) is 4. The summed E-state index contributed by atoms with van der Waals surface area (Å²) < 4.78 is 16.0. The fraction of sp³-hybridized carbons (Fsp3) is 0.192. The number of allylic oxidation sites excluding steroid dienone is 1. The van der Waals surface area contributed by atoms with E-state index in [1.165, 1.54) is 22.3 Å². The first-order chi connectivity index (χ1) is 14.6. The molecule has 0 aliphatic heterocycles. The van der Waals surface area contributed by atoms with Gasteiger partial charge in [-0.1, -0.05) is 54.6 Å². The van der Waals surface area contributed by atoms with Crippen molar-refractivity contribution in [1.82, 2.24) is 0 Å². The molecular formula is C26H24O4. The Hall–Kier alpha value is -3.53. The van der Waals surface area contributed by atoms with Crippen LogP contribution in [-0.2, 0) is 12.8 Å². The molecule has 0 N–H and O–H groups in total. The van der Waals surface area contributed by atoms with Crippen LogP contribution in [-0.4, -0.2) is 27.1 Å². The van der Waals surface area contributed by atoms with Gasteiger partial charge in [0.15, 0.2) is 17.3 Å². The molecule has 0 radical (unpaired) electrons. The predicted octanol–water partition coefficient (Wildman–Crippen LogP) is 5.23. The van der Waals surface area contributed by atoms with Crippen LogP contribution in [0.4, 0.5) is 0 Å². The van der Waals surface area contributed by atoms with Crippen LogP contribution in [0.3, 0.4) is 0 Å². The van der Waals surface area contributed by atoms with Crippen LogP contribution in [0.15, 0.2) is 60.7 Å². The molecular weight excluding hydrogens is 376 g/mol. The Morgan fingerprint density at radius 1 is 0.867 bits per heavy atom. The summed E-state index contributed by atoms with van der Waals surface area (Å²) in [6.45, 7) is 0. The zero-order valence-electron chi connectivity index (χ0n) is 17.4. The number of Topliss-reactive ketones (excluding diaryl/α,β-unsaturated/α-hetero) is 1. The van der Waals surface area contributed by atoms with Gasteiger partial charge in [0, 0.05) is 12.0 Å². The van der Waals surface area contributed by atoms with Gasteiger partial charge >= 0.3 is 0 Å². The van der Waals surface area contributed by atoms with E-state index in [4.69, 9.17) is 14.2 Å². The Kier molecular flexibility index (Phi) is 5.57. The van der Waals surface area contributed by atoms with Gasteiger partial charge in [-0.25, -0.2) is 0 Å². The van der Waals surface area contributed by atoms with Crippen molar-refractivity contribution >= 4 is 17.4 Å². The molecule has 0 atom stereocenters. The minimum Gasteiger partial charge on any atom is -0.493 e. The zero-order valence-corrected chi connectivity index (χ0v) is 17.4. The van der Waals surface area contributed by atoms with E-state index in [1.54, 1.807) is 33.5 Å². The number of rotatable bonds is 7. The number of ether oxygens (including phenoxy) is 3. The van der Waals surface area contributed by atoms with Crippen LogP contribution in [0.5, 0.6) is 17.2 Å². The fourth-order valence-corrected chi connectivity index (χ4v) is 3.83. The summed E-state index contributed by atoms with van der Waals surface area (Å²) >= 11 is 0. The summed E-state index contributed by atoms with van der Waals surface area (Å²) in [6.07, 6.45) is 3.49. The maximum absolute atomic E-state index is 12.9. The van der Waals surface area contributed by atoms with Gasteiger partial charge in [0.2, 0.25) is 5.75 Å². The third-order valence-electron chi connectivity index (χ3n) is 5.44. The number of methoxy groups -OCH3 is 3. The topological polar surface area (TPSA) is 44.8 Å². The van der Waals surface area contributed by atoms with Crippen molar-refractivity contribution in [3.8, 4) is 17.2 Å². The third kappa shape index (κ3) is 3.81. The van der Waals surface area contributed by atoms with Gasteiger partial charge < -0.3 is 14.2 Å². The zero-order chi connectivity index (χ0) is 21.1. The molecule has 0 fully saturated rings. The molecule has 3 aromatic rings. The molecule has 0 saturated heterocycles. The number of fused-ring (bicyclic) bond motifs is 1. The van der Waals surface area contributed by atoms with Gasteiger partial charge in [-0.05, 0) is 46.4 Å². The van der Waals surface area contributed by atoms with Crippen LogP contribution in [0.25, 0.3) is 11.6 Å². The molecule has 152 valence electrons. The van der Waals surface area contributed by atoms with E-state index in [0.29, 0.717) is 29.2 Å². The quantitative estimate of drug-likeness (QED) is 0.509. The fourth-order valence-electron chi connectivity index (χ4n) is 3.83. The van der Waals surface area contributed by atoms with Crippen molar-refractivity contribution in [2.24, 2.45) is 0 Å². The highest BCUT2D eigenvalue weighted by Gasteiger charge is 2.18. The molecule has 4 heteroatoms. The maximum Gasteiger partial charge on any atom is 0.203 e. The normalized spacial score (nSPS) is 12.2. The SMILES string of the molecule is COc1cc(C(=O)Cc2ccc(C3=Cc4ccccc4C3)cc2)cc(OC)c1OC. The summed E-state index contributed by atoms with van der Waals surface area (Å²) in [7, 11) is 4.63. The molecule has 0 unspecified atom stereocenters. The average molecular weight is 400 g/mol. The Morgan fingerprint density at radius 2 is 1.53 bits per heavy atom. The minimum absolute atomic E-state index is 0.00510. The molecule has 0 spiro atoms. The minimum atomic E-state index is -0.00510. The molecule has 3 aromatic carbocycles. The second kappa shape index (κ2) is 8.46. The summed E-state index contributed by atoms with van der Waals surface area (Å²) in [6, 6.07) is 20.1. The van der Waals surface area contributed by atoms with E-state index in [2.05, 4.69) is 42.5 Å². The Balaban J connectivity index is 1.51. The monoisotopic (exact) mass is 400 g/mol. The van der Waals surface area contributed by atoms with Gasteiger partial charge in [0.05, 0.1) is 21.3 Å². The van der Waals surface area contributed by atoms with Gasteiger partial charge in [-0.2, -0.15) is 0 Å². The molecule has 1 aliphatic rings. The smallest absolute Gasteiger partial charge is 0.203 e. The Labute approximate surface area is 176 Å².